The molecule has 0 unspecified atom stereocenters. The average molecular weight is 282 g/mol. The standard InChI is InChI=1S/C14H22N2O2S/c1-10-9-13(15)12(3)14(11(10)2)19(17,18)16-7-5-4-6-8-16/h9H,4-8,15H2,1-3H3. The van der Waals surface area contributed by atoms with Gasteiger partial charge in [-0.25, -0.2) is 8.42 Å². The summed E-state index contributed by atoms with van der Waals surface area (Å²) in [7, 11) is -3.42. The molecule has 1 aliphatic rings. The van der Waals surface area contributed by atoms with Crippen LogP contribution in [-0.4, -0.2) is 25.8 Å². The Morgan fingerprint density at radius 1 is 1.05 bits per heavy atom. The van der Waals surface area contributed by atoms with Crippen LogP contribution < -0.4 is 5.73 Å². The first kappa shape index (κ1) is 14.3. The van der Waals surface area contributed by atoms with Crippen molar-refractivity contribution in [2.24, 2.45) is 0 Å². The second-order valence-electron chi connectivity index (χ2n) is 5.33. The maximum absolute atomic E-state index is 12.8. The number of benzene rings is 1. The number of hydrogen-bond acceptors (Lipinski definition) is 3. The molecule has 0 bridgehead atoms. The van der Waals surface area contributed by atoms with E-state index in [0.717, 1.165) is 30.4 Å². The molecule has 1 fully saturated rings. The van der Waals surface area contributed by atoms with E-state index in [-0.39, 0.29) is 0 Å². The highest BCUT2D eigenvalue weighted by Gasteiger charge is 2.30. The van der Waals surface area contributed by atoms with Gasteiger partial charge >= 0.3 is 0 Å². The molecule has 1 heterocycles. The van der Waals surface area contributed by atoms with E-state index in [1.807, 2.05) is 19.9 Å². The minimum atomic E-state index is -3.42. The number of nitrogens with zero attached hydrogens (tertiary/aromatic N) is 1. The van der Waals surface area contributed by atoms with E-state index in [9.17, 15) is 8.42 Å². The Kier molecular flexibility index (Phi) is 3.87. The van der Waals surface area contributed by atoms with E-state index in [1.165, 1.54) is 0 Å². The van der Waals surface area contributed by atoms with Crippen molar-refractivity contribution in [1.29, 1.82) is 0 Å². The molecule has 0 aliphatic carbocycles. The van der Waals surface area contributed by atoms with E-state index in [1.54, 1.807) is 11.2 Å². The number of piperidine rings is 1. The van der Waals surface area contributed by atoms with E-state index in [4.69, 9.17) is 5.73 Å². The zero-order chi connectivity index (χ0) is 14.2. The van der Waals surface area contributed by atoms with Crippen LogP contribution in [0.15, 0.2) is 11.0 Å². The maximum atomic E-state index is 12.8. The van der Waals surface area contributed by atoms with Crippen molar-refractivity contribution in [2.75, 3.05) is 18.8 Å². The molecule has 0 amide bonds. The molecule has 0 aromatic heterocycles. The molecule has 2 N–H and O–H groups in total. The number of nitrogen functional groups attached to an aromatic ring is 1. The Morgan fingerprint density at radius 3 is 2.21 bits per heavy atom. The summed E-state index contributed by atoms with van der Waals surface area (Å²) in [6.45, 7) is 6.79. The topological polar surface area (TPSA) is 63.4 Å². The maximum Gasteiger partial charge on any atom is 0.243 e. The second-order valence-corrected chi connectivity index (χ2v) is 7.20. The van der Waals surface area contributed by atoms with Crippen molar-refractivity contribution < 1.29 is 8.42 Å². The molecular weight excluding hydrogens is 260 g/mol. The van der Waals surface area contributed by atoms with Crippen molar-refractivity contribution >= 4 is 15.7 Å². The largest absolute Gasteiger partial charge is 0.398 e. The summed E-state index contributed by atoms with van der Waals surface area (Å²) in [5, 5.41) is 0. The van der Waals surface area contributed by atoms with Crippen LogP contribution in [0.4, 0.5) is 5.69 Å². The lowest BCUT2D eigenvalue weighted by atomic mass is 10.1. The lowest BCUT2D eigenvalue weighted by Gasteiger charge is -2.28. The highest BCUT2D eigenvalue weighted by atomic mass is 32.2. The van der Waals surface area contributed by atoms with Gasteiger partial charge in [-0.1, -0.05) is 6.42 Å². The van der Waals surface area contributed by atoms with Gasteiger partial charge in [-0.3, -0.25) is 0 Å². The molecule has 5 heteroatoms. The zero-order valence-electron chi connectivity index (χ0n) is 11.9. The summed E-state index contributed by atoms with van der Waals surface area (Å²) in [5.41, 5.74) is 8.91. The number of aryl methyl sites for hydroxylation is 1. The Balaban J connectivity index is 2.57. The van der Waals surface area contributed by atoms with Crippen molar-refractivity contribution in [2.45, 2.75) is 44.9 Å². The summed E-state index contributed by atoms with van der Waals surface area (Å²) in [6.07, 6.45) is 3.00. The van der Waals surface area contributed by atoms with E-state index in [0.29, 0.717) is 29.2 Å². The normalized spacial score (nSPS) is 17.6. The monoisotopic (exact) mass is 282 g/mol. The zero-order valence-corrected chi connectivity index (χ0v) is 12.7. The Hall–Kier alpha value is -1.07. The van der Waals surface area contributed by atoms with Crippen LogP contribution in [0.5, 0.6) is 0 Å². The molecule has 19 heavy (non-hydrogen) atoms. The third-order valence-corrected chi connectivity index (χ3v) is 6.16. The molecule has 1 aromatic carbocycles. The first-order chi connectivity index (χ1) is 8.85. The molecule has 0 saturated carbocycles. The number of anilines is 1. The number of rotatable bonds is 2. The predicted molar refractivity (Wildman–Crippen MR) is 77.7 cm³/mol. The van der Waals surface area contributed by atoms with Gasteiger partial charge in [0, 0.05) is 18.8 Å². The Morgan fingerprint density at radius 2 is 1.63 bits per heavy atom. The summed E-state index contributed by atoms with van der Waals surface area (Å²) < 4.78 is 27.2. The average Bonchev–Trinajstić information content (AvgIpc) is 2.37. The van der Waals surface area contributed by atoms with Gasteiger partial charge in [-0.15, -0.1) is 0 Å². The quantitative estimate of drug-likeness (QED) is 0.847. The van der Waals surface area contributed by atoms with Gasteiger partial charge in [0.05, 0.1) is 4.90 Å². The van der Waals surface area contributed by atoms with Gasteiger partial charge < -0.3 is 5.73 Å². The van der Waals surface area contributed by atoms with Gasteiger partial charge in [-0.05, 0) is 56.4 Å². The molecule has 0 radical (unpaired) electrons. The fourth-order valence-corrected chi connectivity index (χ4v) is 4.71. The predicted octanol–water partition coefficient (Wildman–Crippen LogP) is 2.37. The fourth-order valence-electron chi connectivity index (χ4n) is 2.66. The molecule has 4 nitrogen and oxygen atoms in total. The smallest absolute Gasteiger partial charge is 0.243 e. The van der Waals surface area contributed by atoms with E-state index < -0.39 is 10.0 Å². The van der Waals surface area contributed by atoms with Crippen LogP contribution in [0.3, 0.4) is 0 Å². The summed E-state index contributed by atoms with van der Waals surface area (Å²) in [5.74, 6) is 0. The van der Waals surface area contributed by atoms with Gasteiger partial charge in [0.25, 0.3) is 0 Å². The minimum Gasteiger partial charge on any atom is -0.398 e. The van der Waals surface area contributed by atoms with Crippen LogP contribution in [-0.2, 0) is 10.0 Å². The molecule has 106 valence electrons. The molecule has 1 aromatic rings. The van der Waals surface area contributed by atoms with Crippen LogP contribution in [0.2, 0.25) is 0 Å². The van der Waals surface area contributed by atoms with Crippen molar-refractivity contribution in [3.63, 3.8) is 0 Å². The fraction of sp³-hybridized carbons (Fsp3) is 0.571. The van der Waals surface area contributed by atoms with Crippen LogP contribution in [0.1, 0.15) is 36.0 Å². The first-order valence-electron chi connectivity index (χ1n) is 6.72. The highest BCUT2D eigenvalue weighted by Crippen LogP contribution is 2.31. The lowest BCUT2D eigenvalue weighted by molar-refractivity contribution is 0.346. The minimum absolute atomic E-state index is 0.409. The first-order valence-corrected chi connectivity index (χ1v) is 8.16. The molecule has 2 rings (SSSR count). The molecule has 1 aliphatic heterocycles. The molecule has 0 spiro atoms. The van der Waals surface area contributed by atoms with E-state index in [2.05, 4.69) is 0 Å². The van der Waals surface area contributed by atoms with Gasteiger partial charge in [-0.2, -0.15) is 4.31 Å². The van der Waals surface area contributed by atoms with Crippen molar-refractivity contribution in [3.8, 4) is 0 Å². The number of hydrogen-bond donors (Lipinski definition) is 1. The summed E-state index contributed by atoms with van der Waals surface area (Å²) in [6, 6.07) is 1.85. The van der Waals surface area contributed by atoms with Gasteiger partial charge in [0.2, 0.25) is 10.0 Å². The highest BCUT2D eigenvalue weighted by molar-refractivity contribution is 7.89. The van der Waals surface area contributed by atoms with Gasteiger partial charge in [0.1, 0.15) is 0 Å². The summed E-state index contributed by atoms with van der Waals surface area (Å²) >= 11 is 0. The molecule has 0 atom stereocenters. The van der Waals surface area contributed by atoms with Gasteiger partial charge in [0.15, 0.2) is 0 Å². The third-order valence-electron chi connectivity index (χ3n) is 3.99. The van der Waals surface area contributed by atoms with Crippen molar-refractivity contribution in [1.82, 2.24) is 4.31 Å². The third kappa shape index (κ3) is 2.49. The Labute approximate surface area is 115 Å². The molecular formula is C14H22N2O2S. The number of sulfonamides is 1. The Bertz CT molecular complexity index is 562. The lowest BCUT2D eigenvalue weighted by Crippen LogP contribution is -2.36. The second kappa shape index (κ2) is 5.13. The molecule has 1 saturated heterocycles. The number of nitrogens with two attached hydrogens (primary N) is 1. The SMILES string of the molecule is Cc1cc(N)c(C)c(S(=O)(=O)N2CCCCC2)c1C. The summed E-state index contributed by atoms with van der Waals surface area (Å²) in [4.78, 5) is 0.409. The van der Waals surface area contributed by atoms with Crippen LogP contribution >= 0.6 is 0 Å². The van der Waals surface area contributed by atoms with E-state index >= 15 is 0 Å². The van der Waals surface area contributed by atoms with Crippen molar-refractivity contribution in [3.05, 3.63) is 22.8 Å². The van der Waals surface area contributed by atoms with Crippen LogP contribution in [0, 0.1) is 20.8 Å². The van der Waals surface area contributed by atoms with Crippen LogP contribution in [0.25, 0.3) is 0 Å².